The van der Waals surface area contributed by atoms with Crippen LogP contribution in [0.3, 0.4) is 0 Å². The fourth-order valence-electron chi connectivity index (χ4n) is 2.98. The summed E-state index contributed by atoms with van der Waals surface area (Å²) in [4.78, 5) is 19.1. The van der Waals surface area contributed by atoms with E-state index in [0.29, 0.717) is 6.04 Å². The molecule has 1 heterocycles. The van der Waals surface area contributed by atoms with Gasteiger partial charge in [-0.1, -0.05) is 60.9 Å². The molecule has 2 aromatic rings. The van der Waals surface area contributed by atoms with Crippen molar-refractivity contribution in [2.24, 2.45) is 0 Å². The maximum atomic E-state index is 11.4. The molecule has 1 fully saturated rings. The number of hydrogen-bond donors (Lipinski definition) is 0. The van der Waals surface area contributed by atoms with Gasteiger partial charge in [0.25, 0.3) is 0 Å². The number of benzene rings is 1. The second-order valence-electron chi connectivity index (χ2n) is 5.60. The Kier molecular flexibility index (Phi) is 4.34. The van der Waals surface area contributed by atoms with Gasteiger partial charge in [-0.15, -0.1) is 0 Å². The zero-order chi connectivity index (χ0) is 14.7. The molecule has 1 aliphatic rings. The lowest BCUT2D eigenvalue weighted by Crippen LogP contribution is -2.33. The molecule has 0 spiro atoms. The Labute approximate surface area is 129 Å². The van der Waals surface area contributed by atoms with Crippen molar-refractivity contribution in [1.29, 1.82) is 0 Å². The number of rotatable bonds is 4. The molecule has 1 aromatic carbocycles. The number of hydrogen-bond acceptors (Lipinski definition) is 4. The van der Waals surface area contributed by atoms with E-state index in [9.17, 15) is 4.79 Å². The fraction of sp³-hybridized carbons (Fsp3) is 0.412. The van der Waals surface area contributed by atoms with Crippen LogP contribution in [-0.2, 0) is 0 Å². The van der Waals surface area contributed by atoms with Gasteiger partial charge in [-0.25, -0.2) is 4.98 Å². The first-order chi connectivity index (χ1) is 10.3. The lowest BCUT2D eigenvalue weighted by Gasteiger charge is -2.30. The molecule has 0 aliphatic heterocycles. The molecule has 0 N–H and O–H groups in total. The van der Waals surface area contributed by atoms with E-state index in [1.807, 2.05) is 30.3 Å². The molecule has 1 aliphatic carbocycles. The standard InChI is InChI=1S/C17H20N2OS/c1-19(14-10-6-3-7-11-14)17-18-16(15(12-20)21-17)13-8-4-2-5-9-13/h2,4-5,8-9,12,14H,3,6-7,10-11H2,1H3. The van der Waals surface area contributed by atoms with Crippen molar-refractivity contribution < 1.29 is 4.79 Å². The Bertz CT molecular complexity index is 603. The van der Waals surface area contributed by atoms with Gasteiger partial charge in [0.2, 0.25) is 0 Å². The number of carbonyl (C=O) groups is 1. The van der Waals surface area contributed by atoms with E-state index < -0.39 is 0 Å². The molecule has 4 heteroatoms. The Morgan fingerprint density at radius 3 is 2.57 bits per heavy atom. The summed E-state index contributed by atoms with van der Waals surface area (Å²) in [6.07, 6.45) is 7.33. The predicted octanol–water partition coefficient (Wildman–Crippen LogP) is 4.39. The van der Waals surface area contributed by atoms with Crippen molar-refractivity contribution in [3.8, 4) is 11.3 Å². The van der Waals surface area contributed by atoms with Gasteiger partial charge in [-0.3, -0.25) is 4.79 Å². The number of carbonyl (C=O) groups excluding carboxylic acids is 1. The summed E-state index contributed by atoms with van der Waals surface area (Å²) >= 11 is 1.50. The zero-order valence-electron chi connectivity index (χ0n) is 12.3. The van der Waals surface area contributed by atoms with Gasteiger partial charge in [0.15, 0.2) is 11.4 Å². The number of anilines is 1. The first-order valence-corrected chi connectivity index (χ1v) is 8.35. The zero-order valence-corrected chi connectivity index (χ0v) is 13.1. The smallest absolute Gasteiger partial charge is 0.186 e. The number of thiazole rings is 1. The van der Waals surface area contributed by atoms with E-state index in [2.05, 4.69) is 11.9 Å². The Morgan fingerprint density at radius 1 is 1.19 bits per heavy atom. The van der Waals surface area contributed by atoms with Gasteiger partial charge in [-0.05, 0) is 12.8 Å². The first kappa shape index (κ1) is 14.3. The second-order valence-corrected chi connectivity index (χ2v) is 6.61. The van der Waals surface area contributed by atoms with Crippen molar-refractivity contribution in [3.05, 3.63) is 35.2 Å². The average Bonchev–Trinajstić information content (AvgIpc) is 3.00. The van der Waals surface area contributed by atoms with E-state index in [1.54, 1.807) is 0 Å². The van der Waals surface area contributed by atoms with Gasteiger partial charge in [-0.2, -0.15) is 0 Å². The van der Waals surface area contributed by atoms with E-state index >= 15 is 0 Å². The minimum atomic E-state index is 0.563. The normalized spacial score (nSPS) is 15.9. The minimum Gasteiger partial charge on any atom is -0.348 e. The highest BCUT2D eigenvalue weighted by molar-refractivity contribution is 7.17. The van der Waals surface area contributed by atoms with Crippen LogP contribution in [-0.4, -0.2) is 24.4 Å². The second kappa shape index (κ2) is 6.39. The number of aldehydes is 1. The summed E-state index contributed by atoms with van der Waals surface area (Å²) in [7, 11) is 2.11. The largest absolute Gasteiger partial charge is 0.348 e. The van der Waals surface area contributed by atoms with Crippen LogP contribution >= 0.6 is 11.3 Å². The summed E-state index contributed by atoms with van der Waals surface area (Å²) in [5.41, 5.74) is 1.83. The van der Waals surface area contributed by atoms with Crippen LogP contribution in [0.15, 0.2) is 30.3 Å². The third kappa shape index (κ3) is 3.00. The molecule has 0 saturated heterocycles. The highest BCUT2D eigenvalue weighted by Gasteiger charge is 2.22. The van der Waals surface area contributed by atoms with Gasteiger partial charge in [0, 0.05) is 18.7 Å². The van der Waals surface area contributed by atoms with E-state index in [-0.39, 0.29) is 0 Å². The average molecular weight is 300 g/mol. The SMILES string of the molecule is CN(c1nc(-c2ccccc2)c(C=O)s1)C1CCCCC1. The lowest BCUT2D eigenvalue weighted by molar-refractivity contribution is 0.112. The number of aromatic nitrogens is 1. The van der Waals surface area contributed by atoms with E-state index in [1.165, 1.54) is 43.4 Å². The molecule has 0 radical (unpaired) electrons. The molecule has 0 atom stereocenters. The Morgan fingerprint density at radius 2 is 1.90 bits per heavy atom. The quantitative estimate of drug-likeness (QED) is 0.785. The summed E-state index contributed by atoms with van der Waals surface area (Å²) in [6, 6.07) is 10.5. The summed E-state index contributed by atoms with van der Waals surface area (Å²) in [5, 5.41) is 0.961. The van der Waals surface area contributed by atoms with Crippen molar-refractivity contribution in [2.75, 3.05) is 11.9 Å². The third-order valence-electron chi connectivity index (χ3n) is 4.22. The fourth-order valence-corrected chi connectivity index (χ4v) is 3.91. The molecule has 21 heavy (non-hydrogen) atoms. The Balaban J connectivity index is 1.90. The molecule has 1 aromatic heterocycles. The molecule has 3 nitrogen and oxygen atoms in total. The highest BCUT2D eigenvalue weighted by atomic mass is 32.1. The molecule has 1 saturated carbocycles. The molecule has 0 bridgehead atoms. The lowest BCUT2D eigenvalue weighted by atomic mass is 9.95. The van der Waals surface area contributed by atoms with Crippen molar-refractivity contribution in [3.63, 3.8) is 0 Å². The van der Waals surface area contributed by atoms with Crippen LogP contribution in [0.25, 0.3) is 11.3 Å². The van der Waals surface area contributed by atoms with Crippen LogP contribution in [0.2, 0.25) is 0 Å². The maximum Gasteiger partial charge on any atom is 0.186 e. The highest BCUT2D eigenvalue weighted by Crippen LogP contribution is 2.34. The predicted molar refractivity (Wildman–Crippen MR) is 88.2 cm³/mol. The molecule has 0 amide bonds. The molecule has 0 unspecified atom stereocenters. The third-order valence-corrected chi connectivity index (χ3v) is 5.29. The van der Waals surface area contributed by atoms with Gasteiger partial charge in [0.1, 0.15) is 0 Å². The van der Waals surface area contributed by atoms with Crippen LogP contribution in [0, 0.1) is 0 Å². The van der Waals surface area contributed by atoms with Crippen LogP contribution in [0.4, 0.5) is 5.13 Å². The van der Waals surface area contributed by atoms with Crippen molar-refractivity contribution >= 4 is 22.8 Å². The van der Waals surface area contributed by atoms with Gasteiger partial charge >= 0.3 is 0 Å². The summed E-state index contributed by atoms with van der Waals surface area (Å²) in [6.45, 7) is 0. The van der Waals surface area contributed by atoms with Crippen LogP contribution in [0.1, 0.15) is 41.8 Å². The molecule has 110 valence electrons. The summed E-state index contributed by atoms with van der Waals surface area (Å²) in [5.74, 6) is 0. The van der Waals surface area contributed by atoms with E-state index in [0.717, 1.165) is 27.6 Å². The molecular formula is C17H20N2OS. The summed E-state index contributed by atoms with van der Waals surface area (Å²) < 4.78 is 0. The van der Waals surface area contributed by atoms with E-state index in [4.69, 9.17) is 4.98 Å². The van der Waals surface area contributed by atoms with Gasteiger partial charge in [0.05, 0.1) is 10.6 Å². The molecule has 3 rings (SSSR count). The van der Waals surface area contributed by atoms with Crippen molar-refractivity contribution in [2.45, 2.75) is 38.1 Å². The Hall–Kier alpha value is -1.68. The maximum absolute atomic E-state index is 11.4. The van der Waals surface area contributed by atoms with Crippen LogP contribution in [0.5, 0.6) is 0 Å². The number of nitrogens with zero attached hydrogens (tertiary/aromatic N) is 2. The molecular weight excluding hydrogens is 280 g/mol. The first-order valence-electron chi connectivity index (χ1n) is 7.54. The van der Waals surface area contributed by atoms with Crippen molar-refractivity contribution in [1.82, 2.24) is 4.98 Å². The monoisotopic (exact) mass is 300 g/mol. The minimum absolute atomic E-state index is 0.563. The van der Waals surface area contributed by atoms with Crippen LogP contribution < -0.4 is 4.90 Å². The van der Waals surface area contributed by atoms with Gasteiger partial charge < -0.3 is 4.90 Å². The topological polar surface area (TPSA) is 33.2 Å².